The Bertz CT molecular complexity index is 1670. The van der Waals surface area contributed by atoms with E-state index in [1.165, 1.54) is 17.2 Å². The van der Waals surface area contributed by atoms with Crippen molar-refractivity contribution in [3.63, 3.8) is 0 Å². The molecule has 2 aromatic carbocycles. The zero-order valence-electron chi connectivity index (χ0n) is 24.4. The minimum absolute atomic E-state index is 0.00165. The average molecular weight is 584 g/mol. The molecule has 4 heterocycles. The normalized spacial score (nSPS) is 24.8. The Morgan fingerprint density at radius 3 is 2.79 bits per heavy atom. The molecule has 1 amide bonds. The molecule has 3 saturated heterocycles. The van der Waals surface area contributed by atoms with Crippen LogP contribution in [0.5, 0.6) is 5.88 Å². The molecule has 4 atom stereocenters. The Hall–Kier alpha value is -4.03. The number of carbonyl (C=O) groups is 1. The zero-order chi connectivity index (χ0) is 29.8. The second-order valence-electron chi connectivity index (χ2n) is 12.3. The predicted octanol–water partition coefficient (Wildman–Crippen LogP) is 5.19. The summed E-state index contributed by atoms with van der Waals surface area (Å²) in [7, 11) is 1.85. The quantitative estimate of drug-likeness (QED) is 0.372. The van der Waals surface area contributed by atoms with Crippen LogP contribution in [0.15, 0.2) is 43.0 Å². The van der Waals surface area contributed by atoms with Gasteiger partial charge in [0.05, 0.1) is 17.8 Å². The van der Waals surface area contributed by atoms with Crippen molar-refractivity contribution in [2.24, 2.45) is 0 Å². The number of halogens is 2. The molecule has 43 heavy (non-hydrogen) atoms. The van der Waals surface area contributed by atoms with E-state index in [0.717, 1.165) is 37.7 Å². The van der Waals surface area contributed by atoms with Crippen LogP contribution in [0.1, 0.15) is 42.4 Å². The Morgan fingerprint density at radius 2 is 2.02 bits per heavy atom. The minimum Gasteiger partial charge on any atom is -0.475 e. The number of benzene rings is 2. The number of aryl methyl sites for hydroxylation is 1. The standard InChI is InChI=1S/C34H35F2N5O2/c1-3-30(42)40-14-13-28-29(40)18-41(28)33-26-12-11-25(24-10-6-8-20-7-4-5-9-23(20)24)31(36)32(26)38-34(27(33)16-37)43-19-22-15-21(35)17-39(22)2/h3,6,8,10-12,21-22,28-29H,1,4-5,7,9,13-15,17-19H2,2H3/t21-,22+,28-,29-/m1/s1. The van der Waals surface area contributed by atoms with Gasteiger partial charge in [-0.15, -0.1) is 0 Å². The maximum Gasteiger partial charge on any atom is 0.246 e. The lowest BCUT2D eigenvalue weighted by Gasteiger charge is -2.48. The van der Waals surface area contributed by atoms with Crippen molar-refractivity contribution >= 4 is 22.5 Å². The summed E-state index contributed by atoms with van der Waals surface area (Å²) >= 11 is 0. The molecule has 0 spiro atoms. The monoisotopic (exact) mass is 583 g/mol. The molecule has 0 radical (unpaired) electrons. The van der Waals surface area contributed by atoms with Gasteiger partial charge in [-0.3, -0.25) is 9.69 Å². The second kappa shape index (κ2) is 10.9. The van der Waals surface area contributed by atoms with Crippen molar-refractivity contribution in [1.82, 2.24) is 14.8 Å². The molecular formula is C34H35F2N5O2. The van der Waals surface area contributed by atoms with Crippen molar-refractivity contribution in [3.05, 3.63) is 65.5 Å². The highest BCUT2D eigenvalue weighted by molar-refractivity contribution is 5.99. The van der Waals surface area contributed by atoms with E-state index in [1.54, 1.807) is 0 Å². The predicted molar refractivity (Wildman–Crippen MR) is 161 cm³/mol. The second-order valence-corrected chi connectivity index (χ2v) is 12.3. The number of anilines is 1. The van der Waals surface area contributed by atoms with Gasteiger partial charge in [0.15, 0.2) is 5.82 Å². The number of hydrogen-bond donors (Lipinski definition) is 0. The molecule has 3 aliphatic heterocycles. The molecule has 1 aliphatic carbocycles. The third-order valence-corrected chi connectivity index (χ3v) is 9.92. The van der Waals surface area contributed by atoms with Crippen LogP contribution in [0.2, 0.25) is 0 Å². The number of ether oxygens (including phenoxy) is 1. The summed E-state index contributed by atoms with van der Waals surface area (Å²) in [4.78, 5) is 22.9. The van der Waals surface area contributed by atoms with Crippen molar-refractivity contribution in [3.8, 4) is 23.1 Å². The van der Waals surface area contributed by atoms with Crippen LogP contribution < -0.4 is 9.64 Å². The van der Waals surface area contributed by atoms with Crippen molar-refractivity contribution in [2.45, 2.75) is 62.8 Å². The fourth-order valence-corrected chi connectivity index (χ4v) is 7.65. The summed E-state index contributed by atoms with van der Waals surface area (Å²) in [5.74, 6) is -0.488. The van der Waals surface area contributed by atoms with E-state index in [4.69, 9.17) is 4.74 Å². The molecule has 0 N–H and O–H groups in total. The number of alkyl halides is 1. The van der Waals surface area contributed by atoms with Gasteiger partial charge in [0.1, 0.15) is 29.9 Å². The molecule has 3 aromatic rings. The third-order valence-electron chi connectivity index (χ3n) is 9.92. The Balaban J connectivity index is 1.34. The van der Waals surface area contributed by atoms with E-state index in [-0.39, 0.29) is 47.6 Å². The molecule has 7 rings (SSSR count). The Labute approximate surface area is 250 Å². The van der Waals surface area contributed by atoms with E-state index in [9.17, 15) is 14.4 Å². The summed E-state index contributed by atoms with van der Waals surface area (Å²) in [6.45, 7) is 5.22. The number of likely N-dealkylation sites (tertiary alicyclic amines) is 2. The fraction of sp³-hybridized carbons (Fsp3) is 0.441. The smallest absolute Gasteiger partial charge is 0.246 e. The van der Waals surface area contributed by atoms with Crippen molar-refractivity contribution in [1.29, 1.82) is 5.26 Å². The van der Waals surface area contributed by atoms with Gasteiger partial charge >= 0.3 is 0 Å². The van der Waals surface area contributed by atoms with Crippen LogP contribution in [0.25, 0.3) is 22.0 Å². The van der Waals surface area contributed by atoms with Gasteiger partial charge in [-0.2, -0.15) is 5.26 Å². The summed E-state index contributed by atoms with van der Waals surface area (Å²) in [5.41, 5.74) is 4.79. The molecule has 0 bridgehead atoms. The van der Waals surface area contributed by atoms with Crippen LogP contribution in [-0.2, 0) is 17.6 Å². The van der Waals surface area contributed by atoms with Gasteiger partial charge in [0, 0.05) is 36.6 Å². The lowest BCUT2D eigenvalue weighted by molar-refractivity contribution is -0.127. The number of nitriles is 1. The van der Waals surface area contributed by atoms with Gasteiger partial charge in [0.2, 0.25) is 11.8 Å². The lowest BCUT2D eigenvalue weighted by Crippen LogP contribution is -2.63. The van der Waals surface area contributed by atoms with Gasteiger partial charge in [-0.1, -0.05) is 30.8 Å². The van der Waals surface area contributed by atoms with Crippen LogP contribution in [0, 0.1) is 17.1 Å². The first-order valence-corrected chi connectivity index (χ1v) is 15.2. The van der Waals surface area contributed by atoms with E-state index in [2.05, 4.69) is 28.6 Å². The van der Waals surface area contributed by atoms with E-state index in [0.29, 0.717) is 42.7 Å². The van der Waals surface area contributed by atoms with Gasteiger partial charge in [-0.05, 0) is 74.4 Å². The summed E-state index contributed by atoms with van der Waals surface area (Å²) in [6, 6.07) is 11.9. The maximum atomic E-state index is 16.7. The molecule has 1 aromatic heterocycles. The molecule has 4 aliphatic rings. The number of aromatic nitrogens is 1. The Morgan fingerprint density at radius 1 is 1.19 bits per heavy atom. The van der Waals surface area contributed by atoms with Gasteiger partial charge in [0.25, 0.3) is 0 Å². The van der Waals surface area contributed by atoms with Gasteiger partial charge < -0.3 is 14.5 Å². The molecular weight excluding hydrogens is 548 g/mol. The summed E-state index contributed by atoms with van der Waals surface area (Å²) in [5, 5.41) is 11.0. The van der Waals surface area contributed by atoms with Crippen molar-refractivity contribution in [2.75, 3.05) is 38.2 Å². The first kappa shape index (κ1) is 27.8. The number of fused-ring (bicyclic) bond motifs is 3. The average Bonchev–Trinajstić information content (AvgIpc) is 3.52. The Kier molecular flexibility index (Phi) is 7.05. The highest BCUT2D eigenvalue weighted by Gasteiger charge is 2.49. The van der Waals surface area contributed by atoms with Crippen LogP contribution in [-0.4, -0.2) is 78.3 Å². The molecule has 0 unspecified atom stereocenters. The molecule has 222 valence electrons. The summed E-state index contributed by atoms with van der Waals surface area (Å²) in [6.07, 6.45) is 5.56. The molecule has 9 heteroatoms. The third kappa shape index (κ3) is 4.54. The number of likely N-dealkylation sites (N-methyl/N-ethyl adjacent to an activating group) is 1. The number of rotatable bonds is 6. The molecule has 0 saturated carbocycles. The number of hydrogen-bond acceptors (Lipinski definition) is 6. The SMILES string of the molecule is C=CC(=O)N1CC[C@@H]2[C@H]1CN2c1c(C#N)c(OC[C@@H]2C[C@@H](F)CN2C)nc2c(F)c(-c3cccc4c3CCCC4)ccc12. The van der Waals surface area contributed by atoms with E-state index in [1.807, 2.05) is 41.1 Å². The van der Waals surface area contributed by atoms with Gasteiger partial charge in [-0.25, -0.2) is 13.8 Å². The van der Waals surface area contributed by atoms with Crippen LogP contribution >= 0.6 is 0 Å². The number of amides is 1. The van der Waals surface area contributed by atoms with E-state index < -0.39 is 12.0 Å². The minimum atomic E-state index is -0.937. The summed E-state index contributed by atoms with van der Waals surface area (Å²) < 4.78 is 37.0. The van der Waals surface area contributed by atoms with Crippen LogP contribution in [0.4, 0.5) is 14.5 Å². The largest absolute Gasteiger partial charge is 0.475 e. The first-order chi connectivity index (χ1) is 20.9. The van der Waals surface area contributed by atoms with Crippen LogP contribution in [0.3, 0.4) is 0 Å². The topological polar surface area (TPSA) is 72.7 Å². The number of nitrogens with zero attached hydrogens (tertiary/aromatic N) is 5. The van der Waals surface area contributed by atoms with E-state index >= 15 is 4.39 Å². The zero-order valence-corrected chi connectivity index (χ0v) is 24.4. The fourth-order valence-electron chi connectivity index (χ4n) is 7.65. The highest BCUT2D eigenvalue weighted by atomic mass is 19.1. The first-order valence-electron chi connectivity index (χ1n) is 15.2. The van der Waals surface area contributed by atoms with Crippen molar-refractivity contribution < 1.29 is 18.3 Å². The number of pyridine rings is 1. The number of carbonyl (C=O) groups excluding carboxylic acids is 1. The lowest BCUT2D eigenvalue weighted by atomic mass is 9.85. The molecule has 7 nitrogen and oxygen atoms in total. The maximum absolute atomic E-state index is 16.7. The highest BCUT2D eigenvalue weighted by Crippen LogP contribution is 2.45. The molecule has 3 fully saturated rings.